The summed E-state index contributed by atoms with van der Waals surface area (Å²) in [6.45, 7) is -2.86. The number of hydrogen-bond donors (Lipinski definition) is 3. The Morgan fingerprint density at radius 1 is 1.14 bits per heavy atom. The second-order valence-electron chi connectivity index (χ2n) is 7.56. The summed E-state index contributed by atoms with van der Waals surface area (Å²) < 4.78 is 29.3. The Kier molecular flexibility index (Phi) is 7.39. The first-order chi connectivity index (χ1) is 14.0. The number of aromatic nitrogens is 1. The molecule has 3 N–H and O–H groups in total. The number of hydrogen-bond acceptors (Lipinski definition) is 4. The van der Waals surface area contributed by atoms with E-state index in [1.165, 1.54) is 12.1 Å². The topological polar surface area (TPSA) is 74.3 Å². The Labute approximate surface area is 169 Å². The summed E-state index contributed by atoms with van der Waals surface area (Å²) in [6.07, 6.45) is 4.68. The Balaban J connectivity index is 1.77. The fourth-order valence-corrected chi connectivity index (χ4v) is 3.63. The highest BCUT2D eigenvalue weighted by Gasteiger charge is 2.27. The summed E-state index contributed by atoms with van der Waals surface area (Å²) in [5, 5.41) is 12.5. The molecule has 1 aromatic carbocycles. The lowest BCUT2D eigenvalue weighted by Gasteiger charge is -2.19. The summed E-state index contributed by atoms with van der Waals surface area (Å²) in [5.41, 5.74) is 2.54. The molecule has 3 rings (SSSR count). The van der Waals surface area contributed by atoms with Crippen molar-refractivity contribution in [2.24, 2.45) is 0 Å². The van der Waals surface area contributed by atoms with Gasteiger partial charge in [0.1, 0.15) is 12.0 Å². The maximum atomic E-state index is 12.5. The smallest absolute Gasteiger partial charge is 0.387 e. The van der Waals surface area contributed by atoms with Gasteiger partial charge in [-0.05, 0) is 68.8 Å². The van der Waals surface area contributed by atoms with Gasteiger partial charge in [0.2, 0.25) is 0 Å². The molecule has 0 radical (unpaired) electrons. The highest BCUT2D eigenvalue weighted by Crippen LogP contribution is 2.38. The number of pyridine rings is 1. The monoisotopic (exact) mass is 406 g/mol. The minimum atomic E-state index is -2.86. The summed E-state index contributed by atoms with van der Waals surface area (Å²) in [6, 6.07) is 10.4. The van der Waals surface area contributed by atoms with Gasteiger partial charge in [-0.25, -0.2) is 0 Å². The first kappa shape index (κ1) is 21.5. The van der Waals surface area contributed by atoms with Gasteiger partial charge in [-0.15, -0.1) is 0 Å². The van der Waals surface area contributed by atoms with Crippen molar-refractivity contribution >= 4 is 0 Å². The van der Waals surface area contributed by atoms with Gasteiger partial charge in [-0.1, -0.05) is 24.6 Å². The summed E-state index contributed by atoms with van der Waals surface area (Å²) in [4.78, 5) is 15.5. The Bertz CT molecular complexity index is 835. The largest absolute Gasteiger partial charge is 0.435 e. The van der Waals surface area contributed by atoms with Crippen molar-refractivity contribution in [1.82, 2.24) is 10.3 Å². The number of ether oxygens (including phenoxy) is 1. The molecule has 0 spiro atoms. The van der Waals surface area contributed by atoms with Crippen molar-refractivity contribution < 1.29 is 18.6 Å². The first-order valence-electron chi connectivity index (χ1n) is 10.1. The van der Waals surface area contributed by atoms with E-state index in [1.807, 2.05) is 12.1 Å². The highest BCUT2D eigenvalue weighted by molar-refractivity contribution is 5.35. The molecule has 2 aromatic rings. The van der Waals surface area contributed by atoms with Gasteiger partial charge >= 0.3 is 6.61 Å². The number of rotatable bonds is 11. The molecule has 29 heavy (non-hydrogen) atoms. The number of nitrogens with one attached hydrogen (secondary N) is 2. The molecule has 1 heterocycles. The standard InChI is InChI=1S/C22H28F2N2O3/c1-25-20(27)5-3-2-4-17(14-8-10-16(11-9-14)29-22(23)24)19-13-12-18(15-6-7-15)21(28)26-19/h8-13,15,17,20,22,25,27H,2-7H2,1H3,(H,26,28). The maximum Gasteiger partial charge on any atom is 0.387 e. The van der Waals surface area contributed by atoms with Crippen molar-refractivity contribution in [1.29, 1.82) is 0 Å². The fourth-order valence-electron chi connectivity index (χ4n) is 3.63. The van der Waals surface area contributed by atoms with Crippen LogP contribution in [0.3, 0.4) is 0 Å². The van der Waals surface area contributed by atoms with Crippen LogP contribution < -0.4 is 15.6 Å². The molecule has 0 aliphatic heterocycles. The molecular weight excluding hydrogens is 378 g/mol. The summed E-state index contributed by atoms with van der Waals surface area (Å²) in [7, 11) is 1.71. The molecule has 1 aromatic heterocycles. The number of aromatic amines is 1. The molecule has 5 nitrogen and oxygen atoms in total. The molecule has 2 atom stereocenters. The first-order valence-corrected chi connectivity index (χ1v) is 10.1. The zero-order valence-corrected chi connectivity index (χ0v) is 16.5. The maximum absolute atomic E-state index is 12.5. The predicted octanol–water partition coefficient (Wildman–Crippen LogP) is 4.08. The number of aliphatic hydroxyl groups excluding tert-OH is 1. The van der Waals surface area contributed by atoms with E-state index < -0.39 is 12.8 Å². The highest BCUT2D eigenvalue weighted by atomic mass is 19.3. The van der Waals surface area contributed by atoms with Crippen LogP contribution in [0.25, 0.3) is 0 Å². The van der Waals surface area contributed by atoms with Crippen LogP contribution in [0.15, 0.2) is 41.2 Å². The molecule has 1 saturated carbocycles. The van der Waals surface area contributed by atoms with E-state index >= 15 is 0 Å². The molecule has 0 bridgehead atoms. The van der Waals surface area contributed by atoms with E-state index in [-0.39, 0.29) is 17.2 Å². The molecule has 1 aliphatic rings. The number of alkyl halides is 2. The number of unbranched alkanes of at least 4 members (excludes halogenated alkanes) is 1. The Hall–Kier alpha value is -2.25. The van der Waals surface area contributed by atoms with Crippen molar-refractivity contribution in [3.8, 4) is 5.75 Å². The predicted molar refractivity (Wildman–Crippen MR) is 107 cm³/mol. The lowest BCUT2D eigenvalue weighted by molar-refractivity contribution is -0.0498. The number of benzene rings is 1. The zero-order chi connectivity index (χ0) is 20.8. The van der Waals surface area contributed by atoms with Crippen LogP contribution in [0.1, 0.15) is 67.2 Å². The van der Waals surface area contributed by atoms with Crippen LogP contribution in [-0.4, -0.2) is 30.0 Å². The van der Waals surface area contributed by atoms with Crippen molar-refractivity contribution in [3.05, 3.63) is 63.6 Å². The SMILES string of the molecule is CNC(O)CCCCC(c1ccc(OC(F)F)cc1)c1ccc(C2CC2)c(=O)[nH]1. The third-order valence-corrected chi connectivity index (χ3v) is 5.42. The fraction of sp³-hybridized carbons (Fsp3) is 0.500. The second-order valence-corrected chi connectivity index (χ2v) is 7.56. The Morgan fingerprint density at radius 2 is 1.83 bits per heavy atom. The van der Waals surface area contributed by atoms with E-state index in [9.17, 15) is 18.7 Å². The van der Waals surface area contributed by atoms with Gasteiger partial charge < -0.3 is 14.8 Å². The zero-order valence-electron chi connectivity index (χ0n) is 16.5. The van der Waals surface area contributed by atoms with Crippen molar-refractivity contribution in [2.45, 2.75) is 63.2 Å². The van der Waals surface area contributed by atoms with Gasteiger partial charge in [-0.3, -0.25) is 10.1 Å². The Morgan fingerprint density at radius 3 is 2.41 bits per heavy atom. The van der Waals surface area contributed by atoms with Crippen molar-refractivity contribution in [3.63, 3.8) is 0 Å². The van der Waals surface area contributed by atoms with Gasteiger partial charge in [0.05, 0.1) is 0 Å². The lowest BCUT2D eigenvalue weighted by Crippen LogP contribution is -2.23. The van der Waals surface area contributed by atoms with E-state index in [0.29, 0.717) is 12.3 Å². The van der Waals surface area contributed by atoms with E-state index in [0.717, 1.165) is 48.9 Å². The molecule has 0 saturated heterocycles. The van der Waals surface area contributed by atoms with Crippen LogP contribution in [0.5, 0.6) is 5.75 Å². The van der Waals surface area contributed by atoms with Crippen LogP contribution >= 0.6 is 0 Å². The van der Waals surface area contributed by atoms with Gasteiger partial charge in [-0.2, -0.15) is 8.78 Å². The van der Waals surface area contributed by atoms with Crippen molar-refractivity contribution in [2.75, 3.05) is 7.05 Å². The minimum Gasteiger partial charge on any atom is -0.435 e. The quantitative estimate of drug-likeness (QED) is 0.388. The van der Waals surface area contributed by atoms with E-state index in [2.05, 4.69) is 15.0 Å². The number of aliphatic hydroxyl groups is 1. The average molecular weight is 406 g/mol. The minimum absolute atomic E-state index is 0.0433. The van der Waals surface area contributed by atoms with Crippen LogP contribution in [0.4, 0.5) is 8.78 Å². The van der Waals surface area contributed by atoms with Crippen LogP contribution in [0, 0.1) is 0 Å². The molecule has 1 fully saturated rings. The molecule has 2 unspecified atom stereocenters. The molecule has 7 heteroatoms. The molecule has 158 valence electrons. The molecule has 1 aliphatic carbocycles. The molecule has 0 amide bonds. The third-order valence-electron chi connectivity index (χ3n) is 5.42. The van der Waals surface area contributed by atoms with Gasteiger partial charge in [0.15, 0.2) is 0 Å². The normalized spacial score (nSPS) is 16.0. The van der Waals surface area contributed by atoms with E-state index in [1.54, 1.807) is 19.2 Å². The number of halogens is 2. The van der Waals surface area contributed by atoms with Gasteiger partial charge in [0.25, 0.3) is 5.56 Å². The number of H-pyrrole nitrogens is 1. The van der Waals surface area contributed by atoms with E-state index in [4.69, 9.17) is 0 Å². The van der Waals surface area contributed by atoms with Crippen LogP contribution in [0.2, 0.25) is 0 Å². The second kappa shape index (κ2) is 9.98. The third kappa shape index (κ3) is 6.11. The lowest BCUT2D eigenvalue weighted by atomic mass is 9.89. The summed E-state index contributed by atoms with van der Waals surface area (Å²) >= 11 is 0. The molecular formula is C22H28F2N2O3. The summed E-state index contributed by atoms with van der Waals surface area (Å²) in [5.74, 6) is 0.417. The van der Waals surface area contributed by atoms with Gasteiger partial charge in [0, 0.05) is 17.2 Å². The average Bonchev–Trinajstić information content (AvgIpc) is 3.53. The van der Waals surface area contributed by atoms with Crippen LogP contribution in [-0.2, 0) is 0 Å².